The monoisotopic (exact) mass is 863 g/mol. The predicted molar refractivity (Wildman–Crippen MR) is 267 cm³/mol. The van der Waals surface area contributed by atoms with Crippen molar-refractivity contribution in [2.45, 2.75) is 157 Å². The normalized spacial score (nSPS) is 15.2. The highest BCUT2D eigenvalue weighted by Gasteiger charge is 2.18. The minimum atomic E-state index is -3.36. The first kappa shape index (κ1) is 59.4. The van der Waals surface area contributed by atoms with Gasteiger partial charge in [-0.05, 0) is 129 Å². The van der Waals surface area contributed by atoms with Crippen molar-refractivity contribution in [3.05, 3.63) is 146 Å². The summed E-state index contributed by atoms with van der Waals surface area (Å²) in [4.78, 5) is 20.8. The third kappa shape index (κ3) is 52.4. The fourth-order valence-electron chi connectivity index (χ4n) is 5.04. The molecule has 1 N–H and O–H groups in total. The fraction of sp³-hybridized carbons (Fsp3) is 0.537. The van der Waals surface area contributed by atoms with E-state index < -0.39 is 19.4 Å². The molecule has 0 aromatic rings. The Morgan fingerprint density at radius 1 is 0.475 bits per heavy atom. The van der Waals surface area contributed by atoms with E-state index in [1.54, 1.807) is 0 Å². The van der Waals surface area contributed by atoms with Gasteiger partial charge in [0.15, 0.2) is 0 Å². The Labute approximate surface area is 375 Å². The quantitative estimate of drug-likeness (QED) is 0.0402. The van der Waals surface area contributed by atoms with Crippen LogP contribution in [-0.4, -0.2) is 36.5 Å². The van der Waals surface area contributed by atoms with Crippen molar-refractivity contribution in [2.24, 2.45) is 11.8 Å². The summed E-state index contributed by atoms with van der Waals surface area (Å²) in [7, 11) is -3.36. The summed E-state index contributed by atoms with van der Waals surface area (Å²) in [6.07, 6.45) is 67.8. The highest BCUT2D eigenvalue weighted by molar-refractivity contribution is 7.51. The molecule has 0 spiro atoms. The molecule has 0 amide bonds. The molecule has 0 aliphatic rings. The second kappa shape index (κ2) is 44.4. The maximum atomic E-state index is 11.6. The predicted octanol–water partition coefficient (Wildman–Crippen LogP) is 17.0. The smallest absolute Gasteiger partial charge is 0.434 e. The Kier molecular flexibility index (Phi) is 43.2. The van der Waals surface area contributed by atoms with E-state index in [2.05, 4.69) is 174 Å². The SMILES string of the molecule is CC/C=C\C/C=C\C/C=C\C/C=C\C/C=C\C/C=C\CC(CC)COC(=O)OC(C)(C)C.CC/C=C\C/C=C\C/C=C\C/C=C\C/C=C\C/C=C\CC(CC)COP(C)(=O)O. The highest BCUT2D eigenvalue weighted by Crippen LogP contribution is 2.37. The molecule has 0 fully saturated rings. The number of carbonyl (C=O) groups excluding carboxylic acids is 1. The largest absolute Gasteiger partial charge is 0.508 e. The van der Waals surface area contributed by atoms with E-state index in [1.165, 1.54) is 6.66 Å². The molecule has 0 aliphatic heterocycles. The molecule has 0 aromatic carbocycles. The first-order valence-corrected chi connectivity index (χ1v) is 25.0. The minimum absolute atomic E-state index is 0.292. The van der Waals surface area contributed by atoms with Gasteiger partial charge in [-0.1, -0.05) is 180 Å². The van der Waals surface area contributed by atoms with Crippen LogP contribution in [-0.2, 0) is 18.6 Å². The van der Waals surface area contributed by atoms with Crippen LogP contribution in [0.4, 0.5) is 4.79 Å². The van der Waals surface area contributed by atoms with E-state index in [-0.39, 0.29) is 0 Å². The molecule has 0 radical (unpaired) electrons. The van der Waals surface area contributed by atoms with E-state index in [4.69, 9.17) is 14.0 Å². The van der Waals surface area contributed by atoms with Crippen molar-refractivity contribution >= 4 is 13.8 Å². The Balaban J connectivity index is 0. The van der Waals surface area contributed by atoms with E-state index in [0.29, 0.717) is 25.0 Å². The van der Waals surface area contributed by atoms with Crippen LogP contribution in [0, 0.1) is 11.8 Å². The average molecular weight is 863 g/mol. The zero-order chi connectivity index (χ0) is 45.6. The Bertz CT molecular complexity index is 1440. The summed E-state index contributed by atoms with van der Waals surface area (Å²) < 4.78 is 26.6. The third-order valence-corrected chi connectivity index (χ3v) is 9.29. The maximum absolute atomic E-state index is 11.6. The van der Waals surface area contributed by atoms with Gasteiger partial charge < -0.3 is 18.9 Å². The van der Waals surface area contributed by atoms with E-state index in [1.807, 2.05) is 20.8 Å². The van der Waals surface area contributed by atoms with Crippen LogP contribution in [0.15, 0.2) is 146 Å². The van der Waals surface area contributed by atoms with Crippen LogP contribution in [0.25, 0.3) is 0 Å². The van der Waals surface area contributed by atoms with Crippen molar-refractivity contribution in [2.75, 3.05) is 19.9 Å². The number of rotatable bonds is 33. The Hall–Kier alpha value is -3.70. The molecule has 0 heterocycles. The van der Waals surface area contributed by atoms with E-state index >= 15 is 0 Å². The second-order valence-electron chi connectivity index (χ2n) is 15.7. The lowest BCUT2D eigenvalue weighted by Gasteiger charge is -2.20. The van der Waals surface area contributed by atoms with Gasteiger partial charge in [0.1, 0.15) is 5.60 Å². The highest BCUT2D eigenvalue weighted by atomic mass is 31.2. The number of carbonyl (C=O) groups is 1. The lowest BCUT2D eigenvalue weighted by molar-refractivity contribution is -0.0132. The van der Waals surface area contributed by atoms with Crippen molar-refractivity contribution in [3.63, 3.8) is 0 Å². The molecule has 0 saturated heterocycles. The van der Waals surface area contributed by atoms with Crippen molar-refractivity contribution in [1.82, 2.24) is 0 Å². The first-order valence-electron chi connectivity index (χ1n) is 23.0. The summed E-state index contributed by atoms with van der Waals surface area (Å²) in [5, 5.41) is 0. The zero-order valence-corrected chi connectivity index (χ0v) is 40.6. The summed E-state index contributed by atoms with van der Waals surface area (Å²) in [6.45, 7) is 16.0. The molecule has 3 unspecified atom stereocenters. The zero-order valence-electron chi connectivity index (χ0n) is 39.7. The summed E-state index contributed by atoms with van der Waals surface area (Å²) in [6, 6.07) is 0. The Morgan fingerprint density at radius 2 is 0.738 bits per heavy atom. The van der Waals surface area contributed by atoms with Crippen LogP contribution >= 0.6 is 7.60 Å². The maximum Gasteiger partial charge on any atom is 0.508 e. The van der Waals surface area contributed by atoms with Gasteiger partial charge in [0.05, 0.1) is 13.2 Å². The molecule has 0 saturated carbocycles. The molecule has 0 aromatic heterocycles. The van der Waals surface area contributed by atoms with Gasteiger partial charge >= 0.3 is 13.8 Å². The molecule has 3 atom stereocenters. The lowest BCUT2D eigenvalue weighted by Crippen LogP contribution is -2.25. The molecule has 61 heavy (non-hydrogen) atoms. The van der Waals surface area contributed by atoms with E-state index in [0.717, 1.165) is 103 Å². The molecular weight excluding hydrogens is 776 g/mol. The van der Waals surface area contributed by atoms with E-state index in [9.17, 15) is 14.3 Å². The first-order chi connectivity index (χ1) is 29.4. The number of hydrogen-bond acceptors (Lipinski definition) is 5. The number of hydrogen-bond donors (Lipinski definition) is 1. The van der Waals surface area contributed by atoms with Gasteiger partial charge in [-0.15, -0.1) is 0 Å². The van der Waals surface area contributed by atoms with Crippen molar-refractivity contribution in [1.29, 1.82) is 0 Å². The number of allylic oxidation sites excluding steroid dienone is 24. The topological polar surface area (TPSA) is 82.1 Å². The standard InChI is InChI=1S/C29H46O3.C25H41O3P/c1-6-8-9-10-11-12-13-14-15-16-17-18-19-20-21-22-23-24-25-27(7-2)26-31-28(30)32-29(3,4)5;1-4-6-7-8-9-10-11-12-13-14-15-16-17-18-19-20-21-22-23-25(5-2)24-28-29(3,26)27/h8-9,11-12,14-15,17-18,20-21,23-24,27H,6-7,10,13,16,19,22,25-26H2,1-5H3;6-7,9-10,12-13,15-16,18-19,21-22,25H,4-5,8,11,14,17,20,23-24H2,1-3H3,(H,26,27)/b9-8-,12-11-,15-14-,18-17-,21-20-,24-23-;7-6-,10-9-,13-12-,16-15-,19-18-,22-21-. The van der Waals surface area contributed by atoms with Crippen LogP contribution in [0.3, 0.4) is 0 Å². The molecule has 344 valence electrons. The molecule has 0 bridgehead atoms. The molecule has 6 nitrogen and oxygen atoms in total. The summed E-state index contributed by atoms with van der Waals surface area (Å²) in [5.41, 5.74) is -0.514. The van der Waals surface area contributed by atoms with Crippen LogP contribution in [0.5, 0.6) is 0 Å². The molecule has 0 aliphatic carbocycles. The van der Waals surface area contributed by atoms with Gasteiger partial charge in [-0.2, -0.15) is 0 Å². The average Bonchev–Trinajstić information content (AvgIpc) is 3.21. The van der Waals surface area contributed by atoms with Gasteiger partial charge in [0, 0.05) is 6.66 Å². The van der Waals surface area contributed by atoms with Crippen LogP contribution in [0.1, 0.15) is 151 Å². The van der Waals surface area contributed by atoms with Crippen molar-refractivity contribution < 1.29 is 28.3 Å². The molecule has 0 rings (SSSR count). The minimum Gasteiger partial charge on any atom is -0.434 e. The van der Waals surface area contributed by atoms with Gasteiger partial charge in [-0.3, -0.25) is 4.57 Å². The summed E-state index contributed by atoms with van der Waals surface area (Å²) in [5.74, 6) is 0.618. The third-order valence-electron chi connectivity index (χ3n) is 8.66. The van der Waals surface area contributed by atoms with Gasteiger partial charge in [-0.25, -0.2) is 4.79 Å². The van der Waals surface area contributed by atoms with Gasteiger partial charge in [0.2, 0.25) is 0 Å². The second-order valence-corrected chi connectivity index (χ2v) is 17.6. The fourth-order valence-corrected chi connectivity index (χ4v) is 5.52. The van der Waals surface area contributed by atoms with Crippen molar-refractivity contribution in [3.8, 4) is 0 Å². The summed E-state index contributed by atoms with van der Waals surface area (Å²) >= 11 is 0. The van der Waals surface area contributed by atoms with Crippen LogP contribution in [0.2, 0.25) is 0 Å². The molecule has 7 heteroatoms. The Morgan fingerprint density at radius 3 is 0.984 bits per heavy atom. The lowest BCUT2D eigenvalue weighted by atomic mass is 10.0. The van der Waals surface area contributed by atoms with Gasteiger partial charge in [0.25, 0.3) is 0 Å². The van der Waals surface area contributed by atoms with Crippen LogP contribution < -0.4 is 0 Å². The molecular formula is C54H87O6P. The number of ether oxygens (including phenoxy) is 2.